The third kappa shape index (κ3) is 62.5. The summed E-state index contributed by atoms with van der Waals surface area (Å²) in [5.74, 6) is -0.870. The van der Waals surface area contributed by atoms with Gasteiger partial charge >= 0.3 is 17.9 Å². The van der Waals surface area contributed by atoms with Crippen LogP contribution in [0.4, 0.5) is 0 Å². The van der Waals surface area contributed by atoms with E-state index >= 15 is 0 Å². The van der Waals surface area contributed by atoms with Crippen molar-refractivity contribution in [1.29, 1.82) is 0 Å². The molecule has 0 heterocycles. The van der Waals surface area contributed by atoms with Gasteiger partial charge in [-0.25, -0.2) is 0 Å². The van der Waals surface area contributed by atoms with Gasteiger partial charge in [-0.15, -0.1) is 0 Å². The molecule has 0 aliphatic heterocycles. The van der Waals surface area contributed by atoms with Crippen molar-refractivity contribution in [3.05, 3.63) is 36.5 Å². The average Bonchev–Trinajstić information content (AvgIpc) is 3.42. The van der Waals surface area contributed by atoms with Gasteiger partial charge in [-0.1, -0.05) is 320 Å². The van der Waals surface area contributed by atoms with E-state index < -0.39 is 6.10 Å². The van der Waals surface area contributed by atoms with Crippen molar-refractivity contribution in [2.75, 3.05) is 13.2 Å². The van der Waals surface area contributed by atoms with Crippen molar-refractivity contribution in [3.63, 3.8) is 0 Å². The molecule has 0 amide bonds. The molecular weight excluding hydrogens is 937 g/mol. The maximum atomic E-state index is 12.9. The molecular formula is C70H130O6. The Balaban J connectivity index is 4.11. The molecule has 0 aromatic heterocycles. The first kappa shape index (κ1) is 73.6. The van der Waals surface area contributed by atoms with Crippen molar-refractivity contribution in [1.82, 2.24) is 0 Å². The second-order valence-corrected chi connectivity index (χ2v) is 23.1. The number of hydrogen-bond donors (Lipinski definition) is 0. The van der Waals surface area contributed by atoms with Gasteiger partial charge in [-0.2, -0.15) is 0 Å². The Hall–Kier alpha value is -2.37. The fourth-order valence-corrected chi connectivity index (χ4v) is 10.2. The molecule has 0 aromatic rings. The number of hydrogen-bond acceptors (Lipinski definition) is 6. The molecule has 0 aliphatic carbocycles. The van der Waals surface area contributed by atoms with Crippen molar-refractivity contribution >= 4 is 17.9 Å². The molecule has 0 aliphatic rings. The molecule has 0 fully saturated rings. The minimum atomic E-state index is -0.778. The van der Waals surface area contributed by atoms with Crippen LogP contribution in [0.3, 0.4) is 0 Å². The van der Waals surface area contributed by atoms with Crippen LogP contribution < -0.4 is 0 Å². The van der Waals surface area contributed by atoms with Gasteiger partial charge in [-0.3, -0.25) is 14.4 Å². The molecule has 0 saturated carbocycles. The van der Waals surface area contributed by atoms with Gasteiger partial charge < -0.3 is 14.2 Å². The molecule has 0 spiro atoms. The summed E-state index contributed by atoms with van der Waals surface area (Å²) >= 11 is 0. The topological polar surface area (TPSA) is 78.9 Å². The summed E-state index contributed by atoms with van der Waals surface area (Å²) in [6, 6.07) is 0. The van der Waals surface area contributed by atoms with Crippen LogP contribution in [-0.2, 0) is 28.6 Å². The maximum absolute atomic E-state index is 12.9. The Labute approximate surface area is 474 Å². The van der Waals surface area contributed by atoms with E-state index in [1.54, 1.807) is 0 Å². The first-order chi connectivity index (χ1) is 37.5. The number of esters is 3. The van der Waals surface area contributed by atoms with E-state index in [1.165, 1.54) is 257 Å². The van der Waals surface area contributed by atoms with Gasteiger partial charge in [0.1, 0.15) is 13.2 Å². The lowest BCUT2D eigenvalue weighted by Gasteiger charge is -2.18. The zero-order valence-corrected chi connectivity index (χ0v) is 51.3. The van der Waals surface area contributed by atoms with Crippen LogP contribution in [0, 0.1) is 0 Å². The number of rotatable bonds is 63. The highest BCUT2D eigenvalue weighted by Gasteiger charge is 2.19. The second-order valence-electron chi connectivity index (χ2n) is 23.1. The molecule has 1 atom stereocenters. The lowest BCUT2D eigenvalue weighted by molar-refractivity contribution is -0.167. The first-order valence-electron chi connectivity index (χ1n) is 34.0. The molecule has 0 saturated heterocycles. The predicted octanol–water partition coefficient (Wildman–Crippen LogP) is 23.2. The molecule has 0 N–H and O–H groups in total. The molecule has 0 radical (unpaired) electrons. The van der Waals surface area contributed by atoms with E-state index in [0.29, 0.717) is 19.3 Å². The molecule has 6 heteroatoms. The normalized spacial score (nSPS) is 12.2. The molecule has 6 nitrogen and oxygen atoms in total. The van der Waals surface area contributed by atoms with Gasteiger partial charge in [-0.05, 0) is 70.6 Å². The summed E-state index contributed by atoms with van der Waals surface area (Å²) in [7, 11) is 0. The van der Waals surface area contributed by atoms with E-state index in [1.807, 2.05) is 0 Å². The molecule has 0 aromatic carbocycles. The van der Waals surface area contributed by atoms with Crippen LogP contribution >= 0.6 is 0 Å². The maximum Gasteiger partial charge on any atom is 0.306 e. The van der Waals surface area contributed by atoms with Gasteiger partial charge in [0.25, 0.3) is 0 Å². The van der Waals surface area contributed by atoms with Crippen LogP contribution in [0.15, 0.2) is 36.5 Å². The molecule has 76 heavy (non-hydrogen) atoms. The van der Waals surface area contributed by atoms with Crippen LogP contribution in [0.1, 0.15) is 374 Å². The Morgan fingerprint density at radius 3 is 0.803 bits per heavy atom. The van der Waals surface area contributed by atoms with Gasteiger partial charge in [0, 0.05) is 19.3 Å². The lowest BCUT2D eigenvalue weighted by Crippen LogP contribution is -2.30. The van der Waals surface area contributed by atoms with E-state index in [0.717, 1.165) is 77.0 Å². The van der Waals surface area contributed by atoms with Crippen molar-refractivity contribution in [2.45, 2.75) is 380 Å². The van der Waals surface area contributed by atoms with E-state index in [2.05, 4.69) is 57.2 Å². The Bertz CT molecular complexity index is 1270. The third-order valence-corrected chi connectivity index (χ3v) is 15.4. The fraction of sp³-hybridized carbons (Fsp3) is 0.871. The summed E-state index contributed by atoms with van der Waals surface area (Å²) in [4.78, 5) is 38.2. The number of unbranched alkanes of at least 4 members (excludes halogenated alkanes) is 46. The van der Waals surface area contributed by atoms with Crippen LogP contribution in [0.25, 0.3) is 0 Å². The smallest absolute Gasteiger partial charge is 0.306 e. The Morgan fingerprint density at radius 2 is 0.487 bits per heavy atom. The third-order valence-electron chi connectivity index (χ3n) is 15.4. The van der Waals surface area contributed by atoms with Crippen LogP contribution in [-0.4, -0.2) is 37.2 Å². The second kappa shape index (κ2) is 65.2. The van der Waals surface area contributed by atoms with E-state index in [-0.39, 0.29) is 31.1 Å². The predicted molar refractivity (Wildman–Crippen MR) is 330 cm³/mol. The summed E-state index contributed by atoms with van der Waals surface area (Å²) in [5.41, 5.74) is 0. The largest absolute Gasteiger partial charge is 0.462 e. The highest BCUT2D eigenvalue weighted by atomic mass is 16.6. The monoisotopic (exact) mass is 1070 g/mol. The average molecular weight is 1070 g/mol. The lowest BCUT2D eigenvalue weighted by atomic mass is 10.0. The number of allylic oxidation sites excluding steroid dienone is 6. The highest BCUT2D eigenvalue weighted by molar-refractivity contribution is 5.71. The van der Waals surface area contributed by atoms with Crippen molar-refractivity contribution < 1.29 is 28.6 Å². The summed E-state index contributed by atoms with van der Waals surface area (Å²) < 4.78 is 16.9. The Morgan fingerprint density at radius 1 is 0.263 bits per heavy atom. The summed E-state index contributed by atoms with van der Waals surface area (Å²) in [5, 5.41) is 0. The SMILES string of the molecule is CCCC/C=C\CCCCCCCC(=O)OCC(COC(=O)CCCCCCCCCCCCCCCCCCCCCCCCCCCCCCCC)OC(=O)CCCCCCCCC/C=C\C/C=C\CCCCC. The fourth-order valence-electron chi connectivity index (χ4n) is 10.2. The Kier molecular flexibility index (Phi) is 63.1. The minimum absolute atomic E-state index is 0.0741. The first-order valence-corrected chi connectivity index (χ1v) is 34.0. The molecule has 0 bridgehead atoms. The zero-order chi connectivity index (χ0) is 55.0. The quantitative estimate of drug-likeness (QED) is 0.0261. The van der Waals surface area contributed by atoms with Crippen LogP contribution in [0.5, 0.6) is 0 Å². The summed E-state index contributed by atoms with van der Waals surface area (Å²) in [6.07, 6.45) is 80.4. The standard InChI is InChI=1S/C70H130O6/c1-4-7-10-13-16-19-22-24-26-28-29-30-31-32-33-34-35-36-37-38-39-40-42-43-45-48-51-54-57-60-63-69(72)75-66-67(65-74-68(71)62-59-56-53-50-47-21-18-15-12-9-6-3)76-70(73)64-61-58-55-52-49-46-44-41-27-25-23-20-17-14-11-8-5-2/h15,17-18,20,25,27,67H,4-14,16,19,21-24,26,28-66H2,1-3H3/b18-15-,20-17-,27-25-. The number of ether oxygens (including phenoxy) is 3. The van der Waals surface area contributed by atoms with Crippen molar-refractivity contribution in [3.8, 4) is 0 Å². The number of carbonyl (C=O) groups excluding carboxylic acids is 3. The summed E-state index contributed by atoms with van der Waals surface area (Å²) in [6.45, 7) is 6.62. The van der Waals surface area contributed by atoms with Gasteiger partial charge in [0.2, 0.25) is 0 Å². The molecule has 1 unspecified atom stereocenters. The van der Waals surface area contributed by atoms with Crippen molar-refractivity contribution in [2.24, 2.45) is 0 Å². The van der Waals surface area contributed by atoms with E-state index in [4.69, 9.17) is 14.2 Å². The zero-order valence-electron chi connectivity index (χ0n) is 51.3. The van der Waals surface area contributed by atoms with E-state index in [9.17, 15) is 14.4 Å². The molecule has 0 rings (SSSR count). The van der Waals surface area contributed by atoms with Crippen LogP contribution in [0.2, 0.25) is 0 Å². The highest BCUT2D eigenvalue weighted by Crippen LogP contribution is 2.18. The molecule has 446 valence electrons. The van der Waals surface area contributed by atoms with Gasteiger partial charge in [0.05, 0.1) is 0 Å². The van der Waals surface area contributed by atoms with Gasteiger partial charge in [0.15, 0.2) is 6.10 Å². The number of carbonyl (C=O) groups is 3. The minimum Gasteiger partial charge on any atom is -0.462 e.